The van der Waals surface area contributed by atoms with E-state index >= 15 is 0 Å². The van der Waals surface area contributed by atoms with Crippen molar-refractivity contribution in [2.75, 3.05) is 27.7 Å². The Morgan fingerprint density at radius 3 is 2.33 bits per heavy atom. The summed E-state index contributed by atoms with van der Waals surface area (Å²) in [4.78, 5) is 7.23. The monoisotopic (exact) mass is 322 g/mol. The average molecular weight is 322 g/mol. The molecule has 126 valence electrons. The second-order valence-electron chi connectivity index (χ2n) is 6.08. The molecule has 0 bridgehead atoms. The minimum Gasteiger partial charge on any atom is -0.399 e. The van der Waals surface area contributed by atoms with Crippen molar-refractivity contribution in [2.24, 2.45) is 5.16 Å². The summed E-state index contributed by atoms with van der Waals surface area (Å²) in [6.45, 7) is 3.08. The zero-order chi connectivity index (χ0) is 17.4. The molecule has 1 atom stereocenters. The predicted molar refractivity (Wildman–Crippen MR) is 102 cm³/mol. The van der Waals surface area contributed by atoms with Crippen LogP contribution in [0.15, 0.2) is 65.8 Å². The largest absolute Gasteiger partial charge is 0.399 e. The van der Waals surface area contributed by atoms with Crippen molar-refractivity contribution in [3.63, 3.8) is 0 Å². The topological polar surface area (TPSA) is 24.8 Å². The quantitative estimate of drug-likeness (QED) is 0.557. The average Bonchev–Trinajstić information content (AvgIpc) is 2.60. The van der Waals surface area contributed by atoms with E-state index in [2.05, 4.69) is 91.8 Å². The van der Waals surface area contributed by atoms with Crippen molar-refractivity contribution in [2.45, 2.75) is 12.8 Å². The summed E-state index contributed by atoms with van der Waals surface area (Å²) in [7, 11) is 5.72. The second-order valence-corrected chi connectivity index (χ2v) is 6.08. The van der Waals surface area contributed by atoms with Crippen LogP contribution >= 0.6 is 0 Å². The van der Waals surface area contributed by atoms with Gasteiger partial charge in [0, 0.05) is 12.5 Å². The van der Waals surface area contributed by atoms with Gasteiger partial charge in [0.1, 0.15) is 7.11 Å². The van der Waals surface area contributed by atoms with Gasteiger partial charge >= 0.3 is 0 Å². The molecular formula is C21H26N2O. The summed E-state index contributed by atoms with van der Waals surface area (Å²) in [6.07, 6.45) is 4.29. The van der Waals surface area contributed by atoms with Crippen LogP contribution in [0.4, 0.5) is 0 Å². The number of rotatable bonds is 7. The van der Waals surface area contributed by atoms with Gasteiger partial charge in [-0.25, -0.2) is 0 Å². The van der Waals surface area contributed by atoms with E-state index in [-0.39, 0.29) is 5.92 Å². The molecule has 0 fully saturated rings. The molecule has 0 radical (unpaired) electrons. The summed E-state index contributed by atoms with van der Waals surface area (Å²) < 4.78 is 0. The van der Waals surface area contributed by atoms with Gasteiger partial charge in [0.15, 0.2) is 0 Å². The number of hydrogen-bond donors (Lipinski definition) is 0. The number of oxime groups is 1. The second kappa shape index (κ2) is 9.04. The minimum atomic E-state index is 0.168. The number of hydrogen-bond acceptors (Lipinski definition) is 3. The maximum atomic E-state index is 5.09. The Morgan fingerprint density at radius 2 is 1.75 bits per heavy atom. The number of benzene rings is 2. The molecule has 0 heterocycles. The molecule has 0 N–H and O–H groups in total. The fraction of sp³-hybridized carbons (Fsp3) is 0.286. The first-order valence-electron chi connectivity index (χ1n) is 8.19. The lowest BCUT2D eigenvalue weighted by Crippen LogP contribution is -2.11. The molecule has 0 saturated carbocycles. The van der Waals surface area contributed by atoms with Gasteiger partial charge in [0.05, 0.1) is 5.71 Å². The van der Waals surface area contributed by atoms with Crippen LogP contribution in [0.5, 0.6) is 0 Å². The van der Waals surface area contributed by atoms with Crippen LogP contribution < -0.4 is 0 Å². The van der Waals surface area contributed by atoms with Gasteiger partial charge in [-0.3, -0.25) is 0 Å². The third-order valence-corrected chi connectivity index (χ3v) is 3.89. The van der Waals surface area contributed by atoms with Crippen molar-refractivity contribution >= 4 is 11.8 Å². The molecular weight excluding hydrogens is 296 g/mol. The minimum absolute atomic E-state index is 0.168. The fourth-order valence-corrected chi connectivity index (χ4v) is 2.54. The third kappa shape index (κ3) is 5.07. The Bertz CT molecular complexity index is 673. The first-order chi connectivity index (χ1) is 11.6. The highest BCUT2D eigenvalue weighted by Crippen LogP contribution is 2.22. The number of nitrogens with zero attached hydrogens (tertiary/aromatic N) is 2. The maximum Gasteiger partial charge on any atom is 0.106 e. The van der Waals surface area contributed by atoms with Crippen LogP contribution in [-0.2, 0) is 4.84 Å². The number of likely N-dealkylation sites (N-methyl/N-ethyl adjacent to an activating group) is 1. The third-order valence-electron chi connectivity index (χ3n) is 3.89. The molecule has 0 aliphatic rings. The zero-order valence-electron chi connectivity index (χ0n) is 14.9. The van der Waals surface area contributed by atoms with E-state index in [0.29, 0.717) is 0 Å². The van der Waals surface area contributed by atoms with Gasteiger partial charge in [-0.05, 0) is 30.8 Å². The van der Waals surface area contributed by atoms with E-state index in [1.54, 1.807) is 7.11 Å². The maximum absolute atomic E-state index is 5.09. The SMILES string of the molecule is CO/N=C(\c1ccc(/C=C/CN(C)C)cc1)C(C)c1ccccc1. The smallest absolute Gasteiger partial charge is 0.106 e. The van der Waals surface area contributed by atoms with Gasteiger partial charge in [-0.15, -0.1) is 0 Å². The van der Waals surface area contributed by atoms with Gasteiger partial charge in [0.25, 0.3) is 0 Å². The Hall–Kier alpha value is -2.39. The summed E-state index contributed by atoms with van der Waals surface area (Å²) in [5, 5.41) is 4.28. The summed E-state index contributed by atoms with van der Waals surface area (Å²) >= 11 is 0. The highest BCUT2D eigenvalue weighted by Gasteiger charge is 2.15. The molecule has 0 saturated heterocycles. The molecule has 24 heavy (non-hydrogen) atoms. The van der Waals surface area contributed by atoms with Gasteiger partial charge in [0.2, 0.25) is 0 Å². The lowest BCUT2D eigenvalue weighted by atomic mass is 9.91. The van der Waals surface area contributed by atoms with Crippen molar-refractivity contribution in [1.29, 1.82) is 0 Å². The molecule has 0 amide bonds. The van der Waals surface area contributed by atoms with E-state index in [9.17, 15) is 0 Å². The highest BCUT2D eigenvalue weighted by molar-refractivity contribution is 6.04. The van der Waals surface area contributed by atoms with Crippen molar-refractivity contribution < 1.29 is 4.84 Å². The van der Waals surface area contributed by atoms with Crippen LogP contribution in [-0.4, -0.2) is 38.4 Å². The van der Waals surface area contributed by atoms with Crippen LogP contribution in [0.1, 0.15) is 29.5 Å². The molecule has 0 aliphatic carbocycles. The van der Waals surface area contributed by atoms with Gasteiger partial charge in [-0.2, -0.15) is 0 Å². The molecule has 0 aromatic heterocycles. The van der Waals surface area contributed by atoms with E-state index in [1.807, 2.05) is 6.07 Å². The summed E-state index contributed by atoms with van der Waals surface area (Å²) in [5.74, 6) is 0.168. The van der Waals surface area contributed by atoms with Crippen molar-refractivity contribution in [3.8, 4) is 0 Å². The molecule has 2 aromatic carbocycles. The van der Waals surface area contributed by atoms with E-state index in [0.717, 1.165) is 17.8 Å². The van der Waals surface area contributed by atoms with Crippen molar-refractivity contribution in [3.05, 3.63) is 77.4 Å². The first kappa shape index (κ1) is 18.0. The standard InChI is InChI=1S/C21H26N2O/c1-17(19-10-6-5-7-11-19)21(22-24-4)20-14-12-18(13-15-20)9-8-16-23(2)3/h5-15,17H,16H2,1-4H3/b9-8+,22-21-. The molecule has 0 aliphatic heterocycles. The van der Waals surface area contributed by atoms with Crippen LogP contribution in [0, 0.1) is 0 Å². The highest BCUT2D eigenvalue weighted by atomic mass is 16.6. The Kier molecular flexibility index (Phi) is 6.76. The Morgan fingerprint density at radius 1 is 1.08 bits per heavy atom. The van der Waals surface area contributed by atoms with Gasteiger partial charge in [-0.1, -0.05) is 78.8 Å². The van der Waals surface area contributed by atoms with Crippen molar-refractivity contribution in [1.82, 2.24) is 4.90 Å². The summed E-state index contributed by atoms with van der Waals surface area (Å²) in [6, 6.07) is 18.8. The fourth-order valence-electron chi connectivity index (χ4n) is 2.54. The van der Waals surface area contributed by atoms with E-state index < -0.39 is 0 Å². The lowest BCUT2D eigenvalue weighted by molar-refractivity contribution is 0.212. The molecule has 3 heteroatoms. The predicted octanol–water partition coefficient (Wildman–Crippen LogP) is 4.42. The van der Waals surface area contributed by atoms with E-state index in [1.165, 1.54) is 11.1 Å². The van der Waals surface area contributed by atoms with Crippen LogP contribution in [0.2, 0.25) is 0 Å². The van der Waals surface area contributed by atoms with Crippen LogP contribution in [0.25, 0.3) is 6.08 Å². The molecule has 3 nitrogen and oxygen atoms in total. The zero-order valence-corrected chi connectivity index (χ0v) is 14.9. The summed E-state index contributed by atoms with van der Waals surface area (Å²) in [5.41, 5.74) is 4.43. The first-order valence-corrected chi connectivity index (χ1v) is 8.19. The molecule has 1 unspecified atom stereocenters. The Labute approximate surface area is 145 Å². The lowest BCUT2D eigenvalue weighted by Gasteiger charge is -2.15. The normalized spacial score (nSPS) is 13.5. The molecule has 2 rings (SSSR count). The van der Waals surface area contributed by atoms with Gasteiger partial charge < -0.3 is 9.74 Å². The molecule has 0 spiro atoms. The van der Waals surface area contributed by atoms with Crippen LogP contribution in [0.3, 0.4) is 0 Å². The Balaban J connectivity index is 2.20. The molecule has 2 aromatic rings. The van der Waals surface area contributed by atoms with E-state index in [4.69, 9.17) is 4.84 Å².